The molecule has 4 aromatic rings. The molecule has 0 radical (unpaired) electrons. The maximum absolute atomic E-state index is 12.5. The zero-order valence-corrected chi connectivity index (χ0v) is 19.8. The summed E-state index contributed by atoms with van der Waals surface area (Å²) in [5.74, 6) is 0.155. The van der Waals surface area contributed by atoms with Crippen LogP contribution >= 0.6 is 39.7 Å². The van der Waals surface area contributed by atoms with E-state index < -0.39 is 0 Å². The molecule has 156 valence electrons. The van der Waals surface area contributed by atoms with E-state index in [0.29, 0.717) is 38.8 Å². The van der Waals surface area contributed by atoms with Crippen LogP contribution in [0.25, 0.3) is 22.6 Å². The van der Waals surface area contributed by atoms with E-state index in [1.54, 1.807) is 24.3 Å². The summed E-state index contributed by atoms with van der Waals surface area (Å²) in [5, 5.41) is 6.47. The lowest BCUT2D eigenvalue weighted by atomic mass is 10.1. The number of hydrogen-bond acceptors (Lipinski definition) is 4. The summed E-state index contributed by atoms with van der Waals surface area (Å²) in [6, 6.07) is 16.5. The molecule has 0 aliphatic heterocycles. The van der Waals surface area contributed by atoms with Gasteiger partial charge < -0.3 is 9.73 Å². The summed E-state index contributed by atoms with van der Waals surface area (Å²) in [4.78, 5) is 17.0. The lowest BCUT2D eigenvalue weighted by Gasteiger charge is -2.10. The van der Waals surface area contributed by atoms with Crippen LogP contribution in [0, 0.1) is 13.8 Å². The lowest BCUT2D eigenvalue weighted by molar-refractivity contribution is 0.0977. The van der Waals surface area contributed by atoms with Gasteiger partial charge in [0.1, 0.15) is 5.52 Å². The normalized spacial score (nSPS) is 10.8. The van der Waals surface area contributed by atoms with E-state index in [1.807, 2.05) is 44.2 Å². The molecule has 5 nitrogen and oxygen atoms in total. The molecule has 0 saturated heterocycles. The number of carbonyl (C=O) groups is 1. The van der Waals surface area contributed by atoms with Gasteiger partial charge in [-0.25, -0.2) is 4.98 Å². The van der Waals surface area contributed by atoms with Crippen molar-refractivity contribution in [1.82, 2.24) is 10.3 Å². The highest BCUT2D eigenvalue weighted by Crippen LogP contribution is 2.32. The second-order valence-corrected chi connectivity index (χ2v) is 8.84. The second-order valence-electron chi connectivity index (χ2n) is 7.11. The molecule has 1 heterocycles. The number of aryl methyl sites for hydroxylation is 2. The van der Waals surface area contributed by atoms with E-state index in [2.05, 4.69) is 31.5 Å². The molecule has 31 heavy (non-hydrogen) atoms. The number of halogens is 2. The van der Waals surface area contributed by atoms with Crippen LogP contribution in [0.2, 0.25) is 5.02 Å². The van der Waals surface area contributed by atoms with Gasteiger partial charge in [0.2, 0.25) is 5.89 Å². The molecule has 0 aliphatic carbocycles. The Bertz CT molecular complexity index is 1320. The van der Waals surface area contributed by atoms with Crippen LogP contribution in [0.5, 0.6) is 0 Å². The van der Waals surface area contributed by atoms with Crippen LogP contribution in [-0.4, -0.2) is 16.0 Å². The summed E-state index contributed by atoms with van der Waals surface area (Å²) < 4.78 is 6.72. The lowest BCUT2D eigenvalue weighted by Crippen LogP contribution is -2.34. The van der Waals surface area contributed by atoms with Gasteiger partial charge in [-0.3, -0.25) is 10.1 Å². The highest BCUT2D eigenvalue weighted by Gasteiger charge is 2.14. The van der Waals surface area contributed by atoms with Crippen molar-refractivity contribution in [2.24, 2.45) is 0 Å². The Morgan fingerprint density at radius 1 is 1.06 bits per heavy atom. The minimum atomic E-state index is -0.265. The molecule has 8 heteroatoms. The van der Waals surface area contributed by atoms with Crippen molar-refractivity contribution in [1.29, 1.82) is 0 Å². The van der Waals surface area contributed by atoms with Gasteiger partial charge >= 0.3 is 0 Å². The molecule has 4 rings (SSSR count). The van der Waals surface area contributed by atoms with E-state index in [4.69, 9.17) is 28.2 Å². The average Bonchev–Trinajstić information content (AvgIpc) is 3.12. The molecule has 1 amide bonds. The Kier molecular flexibility index (Phi) is 6.09. The summed E-state index contributed by atoms with van der Waals surface area (Å²) in [7, 11) is 0. The summed E-state index contributed by atoms with van der Waals surface area (Å²) in [6.07, 6.45) is 0. The van der Waals surface area contributed by atoms with Crippen LogP contribution in [0.4, 0.5) is 5.69 Å². The van der Waals surface area contributed by atoms with Crippen molar-refractivity contribution in [2.45, 2.75) is 13.8 Å². The van der Waals surface area contributed by atoms with Gasteiger partial charge in [0.05, 0.1) is 10.6 Å². The smallest absolute Gasteiger partial charge is 0.257 e. The molecule has 0 saturated carbocycles. The van der Waals surface area contributed by atoms with Crippen molar-refractivity contribution in [3.8, 4) is 11.5 Å². The predicted molar refractivity (Wildman–Crippen MR) is 132 cm³/mol. The minimum absolute atomic E-state index is 0.197. The number of benzene rings is 3. The van der Waals surface area contributed by atoms with Gasteiger partial charge in [0.15, 0.2) is 10.7 Å². The molecule has 1 aromatic heterocycles. The quantitative estimate of drug-likeness (QED) is 0.299. The topological polar surface area (TPSA) is 67.2 Å². The monoisotopic (exact) mass is 513 g/mol. The number of nitrogens with one attached hydrogen (secondary N) is 2. The van der Waals surface area contributed by atoms with Crippen molar-refractivity contribution >= 4 is 67.6 Å². The number of oxazole rings is 1. The first-order valence-electron chi connectivity index (χ1n) is 9.35. The molecule has 2 N–H and O–H groups in total. The van der Waals surface area contributed by atoms with Crippen LogP contribution < -0.4 is 10.6 Å². The summed E-state index contributed by atoms with van der Waals surface area (Å²) >= 11 is 15.0. The Labute approximate surface area is 197 Å². The van der Waals surface area contributed by atoms with Gasteiger partial charge in [0, 0.05) is 15.7 Å². The Morgan fingerprint density at radius 3 is 2.55 bits per heavy atom. The zero-order chi connectivity index (χ0) is 22.1. The average molecular weight is 515 g/mol. The maximum Gasteiger partial charge on any atom is 0.257 e. The number of aromatic nitrogens is 1. The first kappa shape index (κ1) is 21.5. The number of anilines is 1. The highest BCUT2D eigenvalue weighted by atomic mass is 79.9. The van der Waals surface area contributed by atoms with Crippen LogP contribution in [-0.2, 0) is 0 Å². The third-order valence-electron chi connectivity index (χ3n) is 4.52. The molecular weight excluding hydrogens is 498 g/mol. The third-order valence-corrected chi connectivity index (χ3v) is 5.54. The number of nitrogens with zero attached hydrogens (tertiary/aromatic N) is 1. The number of carbonyl (C=O) groups excluding carboxylic acids is 1. The second kappa shape index (κ2) is 8.78. The molecule has 0 unspecified atom stereocenters. The predicted octanol–water partition coefficient (Wildman–Crippen LogP) is 6.65. The number of hydrogen-bond donors (Lipinski definition) is 2. The van der Waals surface area contributed by atoms with Gasteiger partial charge in [-0.15, -0.1) is 0 Å². The number of fused-ring (bicyclic) bond motifs is 1. The van der Waals surface area contributed by atoms with Gasteiger partial charge in [-0.1, -0.05) is 44.7 Å². The standard InChI is InChI=1S/C23H17BrClN3O2S/c1-12-7-13(2)9-14(8-12)21(29)28-23(31)26-16-4-6-20-19(11-16)27-22(30-20)17-10-15(24)3-5-18(17)25/h3-11H,1-2H3,(H2,26,28,29,31). The molecule has 0 bridgehead atoms. The van der Waals surface area contributed by atoms with E-state index in [0.717, 1.165) is 15.6 Å². The summed E-state index contributed by atoms with van der Waals surface area (Å²) in [5.41, 5.74) is 5.21. The van der Waals surface area contributed by atoms with Gasteiger partial charge in [0.25, 0.3) is 5.91 Å². The van der Waals surface area contributed by atoms with E-state index in [9.17, 15) is 4.79 Å². The van der Waals surface area contributed by atoms with Crippen LogP contribution in [0.3, 0.4) is 0 Å². The van der Waals surface area contributed by atoms with E-state index in [1.165, 1.54) is 0 Å². The van der Waals surface area contributed by atoms with E-state index in [-0.39, 0.29) is 11.0 Å². The number of amides is 1. The molecule has 3 aromatic carbocycles. The fourth-order valence-corrected chi connectivity index (χ4v) is 4.00. The first-order chi connectivity index (χ1) is 14.8. The maximum atomic E-state index is 12.5. The molecular formula is C23H17BrClN3O2S. The summed E-state index contributed by atoms with van der Waals surface area (Å²) in [6.45, 7) is 3.89. The van der Waals surface area contributed by atoms with Crippen LogP contribution in [0.15, 0.2) is 63.5 Å². The number of rotatable bonds is 3. The molecule has 0 fully saturated rings. The van der Waals surface area contributed by atoms with E-state index >= 15 is 0 Å². The zero-order valence-electron chi connectivity index (χ0n) is 16.6. The fourth-order valence-electron chi connectivity index (χ4n) is 3.23. The van der Waals surface area contributed by atoms with Gasteiger partial charge in [-0.2, -0.15) is 0 Å². The molecule has 0 spiro atoms. The van der Waals surface area contributed by atoms with Gasteiger partial charge in [-0.05, 0) is 74.6 Å². The Balaban J connectivity index is 1.51. The van der Waals surface area contributed by atoms with Crippen molar-refractivity contribution in [2.75, 3.05) is 5.32 Å². The number of thiocarbonyl (C=S) groups is 1. The third kappa shape index (κ3) is 4.95. The van der Waals surface area contributed by atoms with Crippen molar-refractivity contribution < 1.29 is 9.21 Å². The highest BCUT2D eigenvalue weighted by molar-refractivity contribution is 9.10. The Hall–Kier alpha value is -2.74. The largest absolute Gasteiger partial charge is 0.436 e. The Morgan fingerprint density at radius 2 is 1.81 bits per heavy atom. The molecule has 0 atom stereocenters. The van der Waals surface area contributed by atoms with Crippen LogP contribution in [0.1, 0.15) is 21.5 Å². The van der Waals surface area contributed by atoms with Crippen molar-refractivity contribution in [3.05, 3.63) is 80.8 Å². The minimum Gasteiger partial charge on any atom is -0.436 e. The first-order valence-corrected chi connectivity index (χ1v) is 10.9. The molecule has 0 aliphatic rings. The fraction of sp³-hybridized carbons (Fsp3) is 0.0870. The SMILES string of the molecule is Cc1cc(C)cc(C(=O)NC(=S)Nc2ccc3oc(-c4cc(Br)ccc4Cl)nc3c2)c1. The van der Waals surface area contributed by atoms with Crippen molar-refractivity contribution in [3.63, 3.8) is 0 Å².